The third kappa shape index (κ3) is 7.70. The molecule has 5 nitrogen and oxygen atoms in total. The molecule has 0 aromatic heterocycles. The highest BCUT2D eigenvalue weighted by molar-refractivity contribution is 5.80. The van der Waals surface area contributed by atoms with Crippen LogP contribution < -0.4 is 5.32 Å². The highest BCUT2D eigenvalue weighted by Crippen LogP contribution is 2.14. The first kappa shape index (κ1) is 17.7. The van der Waals surface area contributed by atoms with Crippen LogP contribution in [0.4, 0.5) is 4.79 Å². The van der Waals surface area contributed by atoms with Gasteiger partial charge in [-0.25, -0.2) is 4.79 Å². The van der Waals surface area contributed by atoms with Crippen molar-refractivity contribution in [2.24, 2.45) is 5.92 Å². The van der Waals surface area contributed by atoms with Gasteiger partial charge in [-0.05, 0) is 46.5 Å². The molecule has 0 aromatic rings. The minimum absolute atomic E-state index is 0.0496. The van der Waals surface area contributed by atoms with E-state index >= 15 is 0 Å². The number of nitrogens with zero attached hydrogens (tertiary/aromatic N) is 1. The number of hydrogen-bond acceptors (Lipinski definition) is 2. The van der Waals surface area contributed by atoms with Crippen LogP contribution in [0.3, 0.4) is 0 Å². The predicted octanol–water partition coefficient (Wildman–Crippen LogP) is 2.71. The molecule has 0 heterocycles. The normalized spacial score (nSPS) is 13.2. The van der Waals surface area contributed by atoms with Crippen LogP contribution in [0.2, 0.25) is 0 Å². The molecule has 0 bridgehead atoms. The van der Waals surface area contributed by atoms with Gasteiger partial charge in [-0.2, -0.15) is 0 Å². The summed E-state index contributed by atoms with van der Waals surface area (Å²) in [6.45, 7) is 11.4. The van der Waals surface area contributed by atoms with Gasteiger partial charge in [0.2, 0.25) is 0 Å². The number of amides is 2. The molecule has 0 fully saturated rings. The monoisotopic (exact) mass is 272 g/mol. The molecule has 5 heteroatoms. The highest BCUT2D eigenvalue weighted by atomic mass is 16.4. The van der Waals surface area contributed by atoms with E-state index < -0.39 is 11.5 Å². The molecule has 0 spiro atoms. The zero-order valence-electron chi connectivity index (χ0n) is 13.0. The highest BCUT2D eigenvalue weighted by Gasteiger charge is 2.28. The van der Waals surface area contributed by atoms with E-state index in [1.165, 1.54) is 4.90 Å². The van der Waals surface area contributed by atoms with E-state index in [-0.39, 0.29) is 18.6 Å². The van der Waals surface area contributed by atoms with Gasteiger partial charge < -0.3 is 15.3 Å². The van der Waals surface area contributed by atoms with E-state index in [0.29, 0.717) is 5.92 Å². The lowest BCUT2D eigenvalue weighted by molar-refractivity contribution is -0.138. The molecule has 0 saturated heterocycles. The topological polar surface area (TPSA) is 69.6 Å². The number of carboxylic acid groups (broad SMARTS) is 1. The number of hydrogen-bond donors (Lipinski definition) is 2. The molecule has 0 aliphatic rings. The second-order valence-corrected chi connectivity index (χ2v) is 6.47. The molecule has 19 heavy (non-hydrogen) atoms. The molecule has 2 N–H and O–H groups in total. The summed E-state index contributed by atoms with van der Waals surface area (Å²) in [5.41, 5.74) is -0.514. The molecule has 0 aliphatic carbocycles. The lowest BCUT2D eigenvalue weighted by Crippen LogP contribution is -2.54. The van der Waals surface area contributed by atoms with Crippen molar-refractivity contribution >= 4 is 12.0 Å². The average molecular weight is 272 g/mol. The Balaban J connectivity index is 4.52. The summed E-state index contributed by atoms with van der Waals surface area (Å²) >= 11 is 0. The van der Waals surface area contributed by atoms with Gasteiger partial charge in [-0.3, -0.25) is 4.79 Å². The lowest BCUT2D eigenvalue weighted by Gasteiger charge is -2.35. The zero-order chi connectivity index (χ0) is 15.2. The summed E-state index contributed by atoms with van der Waals surface area (Å²) in [5.74, 6) is -0.406. The van der Waals surface area contributed by atoms with Crippen molar-refractivity contribution in [2.45, 2.75) is 66.0 Å². The largest absolute Gasteiger partial charge is 0.480 e. The van der Waals surface area contributed by atoms with Crippen molar-refractivity contribution in [2.75, 3.05) is 6.54 Å². The van der Waals surface area contributed by atoms with Gasteiger partial charge in [0.1, 0.15) is 6.54 Å². The Hall–Kier alpha value is -1.26. The van der Waals surface area contributed by atoms with E-state index in [4.69, 9.17) is 5.11 Å². The fraction of sp³-hybridized carbons (Fsp3) is 0.857. The minimum atomic E-state index is -1.00. The van der Waals surface area contributed by atoms with Gasteiger partial charge in [0.05, 0.1) is 0 Å². The molecule has 0 aliphatic heterocycles. The Kier molecular flexibility index (Phi) is 6.87. The fourth-order valence-electron chi connectivity index (χ4n) is 1.69. The SMILES string of the molecule is CC(C)CCC(C)NC(=O)N(CC(=O)O)C(C)(C)C. The number of aliphatic carboxylic acids is 1. The summed E-state index contributed by atoms with van der Waals surface area (Å²) in [5, 5.41) is 11.8. The maximum Gasteiger partial charge on any atom is 0.323 e. The number of urea groups is 1. The van der Waals surface area contributed by atoms with Gasteiger partial charge in [0.25, 0.3) is 0 Å². The van der Waals surface area contributed by atoms with Gasteiger partial charge in [0, 0.05) is 11.6 Å². The van der Waals surface area contributed by atoms with E-state index in [1.807, 2.05) is 27.7 Å². The van der Waals surface area contributed by atoms with E-state index in [2.05, 4.69) is 19.2 Å². The molecule has 0 rings (SSSR count). The Labute approximate surface area is 116 Å². The molecule has 0 radical (unpaired) electrons. The zero-order valence-corrected chi connectivity index (χ0v) is 13.0. The molecular weight excluding hydrogens is 244 g/mol. The van der Waals surface area contributed by atoms with Crippen LogP contribution in [0, 0.1) is 5.92 Å². The third-order valence-corrected chi connectivity index (χ3v) is 2.90. The van der Waals surface area contributed by atoms with Gasteiger partial charge in [0.15, 0.2) is 0 Å². The third-order valence-electron chi connectivity index (χ3n) is 2.90. The van der Waals surface area contributed by atoms with E-state index in [1.54, 1.807) is 0 Å². The molecule has 2 amide bonds. The number of carboxylic acids is 1. The standard InChI is InChI=1S/C14H28N2O3/c1-10(2)7-8-11(3)15-13(19)16(9-12(17)18)14(4,5)6/h10-11H,7-9H2,1-6H3,(H,15,19)(H,17,18). The Morgan fingerprint density at radius 1 is 1.16 bits per heavy atom. The second kappa shape index (κ2) is 7.36. The summed E-state index contributed by atoms with van der Waals surface area (Å²) in [4.78, 5) is 24.3. The molecule has 112 valence electrons. The van der Waals surface area contributed by atoms with Gasteiger partial charge in [-0.15, -0.1) is 0 Å². The maximum atomic E-state index is 12.1. The Bertz CT molecular complexity index is 308. The van der Waals surface area contributed by atoms with E-state index in [0.717, 1.165) is 12.8 Å². The van der Waals surface area contributed by atoms with Crippen molar-refractivity contribution in [3.8, 4) is 0 Å². The Morgan fingerprint density at radius 3 is 2.05 bits per heavy atom. The molecule has 0 saturated carbocycles. The van der Waals surface area contributed by atoms with E-state index in [9.17, 15) is 9.59 Å². The quantitative estimate of drug-likeness (QED) is 0.781. The molecule has 1 unspecified atom stereocenters. The minimum Gasteiger partial charge on any atom is -0.480 e. The van der Waals surface area contributed by atoms with Crippen molar-refractivity contribution < 1.29 is 14.7 Å². The van der Waals surface area contributed by atoms with Crippen LogP contribution in [-0.4, -0.2) is 40.1 Å². The molecule has 1 atom stereocenters. The molecular formula is C14H28N2O3. The van der Waals surface area contributed by atoms with Crippen molar-refractivity contribution in [1.82, 2.24) is 10.2 Å². The smallest absolute Gasteiger partial charge is 0.323 e. The second-order valence-electron chi connectivity index (χ2n) is 6.47. The fourth-order valence-corrected chi connectivity index (χ4v) is 1.69. The van der Waals surface area contributed by atoms with Gasteiger partial charge in [-0.1, -0.05) is 13.8 Å². The average Bonchev–Trinajstić information content (AvgIpc) is 2.21. The van der Waals surface area contributed by atoms with Crippen LogP contribution in [0.1, 0.15) is 54.4 Å². The first-order valence-electron chi connectivity index (χ1n) is 6.84. The van der Waals surface area contributed by atoms with Crippen LogP contribution in [-0.2, 0) is 4.79 Å². The number of carbonyl (C=O) groups excluding carboxylic acids is 1. The van der Waals surface area contributed by atoms with Crippen molar-refractivity contribution in [1.29, 1.82) is 0 Å². The number of rotatable bonds is 6. The van der Waals surface area contributed by atoms with Crippen LogP contribution in [0.15, 0.2) is 0 Å². The van der Waals surface area contributed by atoms with Crippen LogP contribution >= 0.6 is 0 Å². The summed E-state index contributed by atoms with van der Waals surface area (Å²) in [6, 6.07) is -0.264. The molecule has 0 aromatic carbocycles. The van der Waals surface area contributed by atoms with Crippen LogP contribution in [0.5, 0.6) is 0 Å². The lowest BCUT2D eigenvalue weighted by atomic mass is 10.0. The summed E-state index contributed by atoms with van der Waals surface area (Å²) < 4.78 is 0. The first-order chi connectivity index (χ1) is 8.54. The van der Waals surface area contributed by atoms with Crippen molar-refractivity contribution in [3.63, 3.8) is 0 Å². The van der Waals surface area contributed by atoms with Gasteiger partial charge >= 0.3 is 12.0 Å². The maximum absolute atomic E-state index is 12.1. The number of carbonyl (C=O) groups is 2. The van der Waals surface area contributed by atoms with Crippen molar-refractivity contribution in [3.05, 3.63) is 0 Å². The van der Waals surface area contributed by atoms with Crippen LogP contribution in [0.25, 0.3) is 0 Å². The summed E-state index contributed by atoms with van der Waals surface area (Å²) in [7, 11) is 0. The predicted molar refractivity (Wildman–Crippen MR) is 76.2 cm³/mol. The summed E-state index contributed by atoms with van der Waals surface area (Å²) in [6.07, 6.45) is 1.93. The Morgan fingerprint density at radius 2 is 1.68 bits per heavy atom. The first-order valence-corrected chi connectivity index (χ1v) is 6.84. The number of nitrogens with one attached hydrogen (secondary N) is 1.